The van der Waals surface area contributed by atoms with Gasteiger partial charge in [-0.25, -0.2) is 0 Å². The average molecular weight is 291 g/mol. The molecule has 0 amide bonds. The summed E-state index contributed by atoms with van der Waals surface area (Å²) in [5, 5.41) is 0.698. The van der Waals surface area contributed by atoms with Crippen LogP contribution in [0.4, 0.5) is 0 Å². The summed E-state index contributed by atoms with van der Waals surface area (Å²) in [5.74, 6) is 0.909. The van der Waals surface area contributed by atoms with Crippen LogP contribution in [-0.2, 0) is 6.54 Å². The summed E-state index contributed by atoms with van der Waals surface area (Å²) >= 11 is 1.86. The second-order valence-electron chi connectivity index (χ2n) is 5.68. The molecule has 0 radical (unpaired) electrons. The number of thioether (sulfide) groups is 1. The first-order valence-corrected chi connectivity index (χ1v) is 8.60. The lowest BCUT2D eigenvalue weighted by Gasteiger charge is -2.20. The maximum absolute atomic E-state index is 12.4. The minimum Gasteiger partial charge on any atom is -0.345 e. The molecule has 0 spiro atoms. The van der Waals surface area contributed by atoms with Crippen LogP contribution in [0, 0.1) is 13.8 Å². The van der Waals surface area contributed by atoms with Gasteiger partial charge in [0.15, 0.2) is 5.78 Å². The van der Waals surface area contributed by atoms with Crippen molar-refractivity contribution in [2.75, 3.05) is 5.75 Å². The largest absolute Gasteiger partial charge is 0.345 e. The first-order chi connectivity index (χ1) is 9.63. The topological polar surface area (TPSA) is 22.0 Å². The molecule has 1 fully saturated rings. The number of hydrogen-bond donors (Lipinski definition) is 0. The van der Waals surface area contributed by atoms with E-state index in [2.05, 4.69) is 18.1 Å². The van der Waals surface area contributed by atoms with Crippen molar-refractivity contribution >= 4 is 17.5 Å². The Labute approximate surface area is 126 Å². The zero-order valence-electron chi connectivity index (χ0n) is 12.7. The molecule has 110 valence electrons. The van der Waals surface area contributed by atoms with Crippen molar-refractivity contribution in [3.63, 3.8) is 0 Å². The van der Waals surface area contributed by atoms with Crippen molar-refractivity contribution in [1.82, 2.24) is 4.57 Å². The van der Waals surface area contributed by atoms with E-state index in [-0.39, 0.29) is 5.78 Å². The fraction of sp³-hybridized carbons (Fsp3) is 0.588. The van der Waals surface area contributed by atoms with Crippen LogP contribution in [0.5, 0.6) is 0 Å². The number of carbonyl (C=O) groups is 1. The Kier molecular flexibility index (Phi) is 5.53. The number of ketones is 1. The van der Waals surface area contributed by atoms with Crippen LogP contribution in [0.1, 0.15) is 53.8 Å². The van der Waals surface area contributed by atoms with Crippen molar-refractivity contribution in [1.29, 1.82) is 0 Å². The van der Waals surface area contributed by atoms with Gasteiger partial charge >= 0.3 is 0 Å². The lowest BCUT2D eigenvalue weighted by molar-refractivity contribution is 0.102. The van der Waals surface area contributed by atoms with Gasteiger partial charge in [0.2, 0.25) is 0 Å². The monoisotopic (exact) mass is 291 g/mol. The fourth-order valence-electron chi connectivity index (χ4n) is 3.00. The SMILES string of the molecule is C=CCn1c(C)cc(C(=O)CSC2CCCCC2)c1C. The summed E-state index contributed by atoms with van der Waals surface area (Å²) in [6.45, 7) is 8.65. The first-order valence-electron chi connectivity index (χ1n) is 7.56. The van der Waals surface area contributed by atoms with E-state index < -0.39 is 0 Å². The highest BCUT2D eigenvalue weighted by molar-refractivity contribution is 8.00. The molecule has 0 saturated heterocycles. The quantitative estimate of drug-likeness (QED) is 0.567. The van der Waals surface area contributed by atoms with Crippen molar-refractivity contribution in [2.45, 2.75) is 57.7 Å². The van der Waals surface area contributed by atoms with Gasteiger partial charge in [0.1, 0.15) is 0 Å². The van der Waals surface area contributed by atoms with E-state index in [1.54, 1.807) is 0 Å². The Hall–Kier alpha value is -0.960. The summed E-state index contributed by atoms with van der Waals surface area (Å²) in [6.07, 6.45) is 8.49. The molecule has 1 aliphatic rings. The molecule has 2 rings (SSSR count). The molecule has 1 heterocycles. The molecular formula is C17H25NOS. The molecule has 0 bridgehead atoms. The van der Waals surface area contributed by atoms with Gasteiger partial charge in [-0.05, 0) is 32.8 Å². The van der Waals surface area contributed by atoms with Gasteiger partial charge < -0.3 is 4.57 Å². The van der Waals surface area contributed by atoms with Gasteiger partial charge in [-0.2, -0.15) is 11.8 Å². The Balaban J connectivity index is 1.98. The number of aromatic nitrogens is 1. The molecule has 1 aromatic rings. The van der Waals surface area contributed by atoms with E-state index in [1.807, 2.05) is 30.8 Å². The van der Waals surface area contributed by atoms with Gasteiger partial charge in [-0.15, -0.1) is 6.58 Å². The van der Waals surface area contributed by atoms with Gasteiger partial charge in [0, 0.05) is 28.7 Å². The second-order valence-corrected chi connectivity index (χ2v) is 6.97. The standard InChI is InChI=1S/C17H25NOS/c1-4-10-18-13(2)11-16(14(18)3)17(19)12-20-15-8-6-5-7-9-15/h4,11,15H,1,5-10,12H2,2-3H3. The van der Waals surface area contributed by atoms with Gasteiger partial charge in [0.05, 0.1) is 5.75 Å². The van der Waals surface area contributed by atoms with E-state index in [1.165, 1.54) is 32.1 Å². The van der Waals surface area contributed by atoms with Crippen molar-refractivity contribution < 1.29 is 4.79 Å². The highest BCUT2D eigenvalue weighted by atomic mass is 32.2. The summed E-state index contributed by atoms with van der Waals surface area (Å²) in [7, 11) is 0. The predicted octanol–water partition coefficient (Wildman–Crippen LogP) is 4.54. The van der Waals surface area contributed by atoms with Gasteiger partial charge in [-0.3, -0.25) is 4.79 Å². The van der Waals surface area contributed by atoms with Gasteiger partial charge in [0.25, 0.3) is 0 Å². The number of rotatable bonds is 6. The zero-order valence-corrected chi connectivity index (χ0v) is 13.5. The molecule has 0 aliphatic heterocycles. The second kappa shape index (κ2) is 7.16. The van der Waals surface area contributed by atoms with Crippen LogP contribution in [-0.4, -0.2) is 21.4 Å². The van der Waals surface area contributed by atoms with Crippen LogP contribution in [0.2, 0.25) is 0 Å². The van der Waals surface area contributed by atoms with Crippen molar-refractivity contribution in [3.8, 4) is 0 Å². The molecule has 1 aliphatic carbocycles. The van der Waals surface area contributed by atoms with Gasteiger partial charge in [-0.1, -0.05) is 25.3 Å². The fourth-order valence-corrected chi connectivity index (χ4v) is 4.21. The maximum atomic E-state index is 12.4. The molecule has 1 saturated carbocycles. The molecule has 3 heteroatoms. The number of hydrogen-bond acceptors (Lipinski definition) is 2. The number of carbonyl (C=O) groups excluding carboxylic acids is 1. The Morgan fingerprint density at radius 2 is 2.10 bits per heavy atom. The third-order valence-corrected chi connectivity index (χ3v) is 5.56. The van der Waals surface area contributed by atoms with Crippen LogP contribution in [0.25, 0.3) is 0 Å². The Bertz CT molecular complexity index is 483. The number of aryl methyl sites for hydroxylation is 1. The smallest absolute Gasteiger partial charge is 0.174 e. The highest BCUT2D eigenvalue weighted by Crippen LogP contribution is 2.29. The lowest BCUT2D eigenvalue weighted by atomic mass is 10.0. The number of allylic oxidation sites excluding steroid dienone is 1. The van der Waals surface area contributed by atoms with E-state index in [0.29, 0.717) is 11.0 Å². The van der Waals surface area contributed by atoms with Crippen LogP contribution in [0.15, 0.2) is 18.7 Å². The third kappa shape index (κ3) is 3.57. The van der Waals surface area contributed by atoms with E-state index >= 15 is 0 Å². The highest BCUT2D eigenvalue weighted by Gasteiger charge is 2.19. The number of Topliss-reactive ketones (excluding diaryl/α,β-unsaturated/α-hetero) is 1. The van der Waals surface area contributed by atoms with Crippen molar-refractivity contribution in [2.24, 2.45) is 0 Å². The molecule has 0 N–H and O–H groups in total. The Morgan fingerprint density at radius 1 is 1.40 bits per heavy atom. The summed E-state index contributed by atoms with van der Waals surface area (Å²) in [4.78, 5) is 12.4. The zero-order chi connectivity index (χ0) is 14.5. The third-order valence-electron chi connectivity index (χ3n) is 4.19. The first kappa shape index (κ1) is 15.4. The molecule has 1 aromatic heterocycles. The van der Waals surface area contributed by atoms with Crippen LogP contribution in [0.3, 0.4) is 0 Å². The molecule has 20 heavy (non-hydrogen) atoms. The normalized spacial score (nSPS) is 16.3. The van der Waals surface area contributed by atoms with Crippen LogP contribution >= 0.6 is 11.8 Å². The summed E-state index contributed by atoms with van der Waals surface area (Å²) < 4.78 is 2.16. The maximum Gasteiger partial charge on any atom is 0.174 e. The molecular weight excluding hydrogens is 266 g/mol. The minimum atomic E-state index is 0.281. The predicted molar refractivity (Wildman–Crippen MR) is 87.8 cm³/mol. The Morgan fingerprint density at radius 3 is 2.75 bits per heavy atom. The molecule has 0 atom stereocenters. The number of nitrogens with zero attached hydrogens (tertiary/aromatic N) is 1. The average Bonchev–Trinajstić information content (AvgIpc) is 2.74. The van der Waals surface area contributed by atoms with Crippen molar-refractivity contribution in [3.05, 3.63) is 35.7 Å². The minimum absolute atomic E-state index is 0.281. The lowest BCUT2D eigenvalue weighted by Crippen LogP contribution is -2.13. The molecule has 2 nitrogen and oxygen atoms in total. The van der Waals surface area contributed by atoms with E-state index in [4.69, 9.17) is 0 Å². The summed E-state index contributed by atoms with van der Waals surface area (Å²) in [6, 6.07) is 2.03. The van der Waals surface area contributed by atoms with Crippen LogP contribution < -0.4 is 0 Å². The van der Waals surface area contributed by atoms with E-state index in [9.17, 15) is 4.79 Å². The molecule has 0 unspecified atom stereocenters. The molecule has 0 aromatic carbocycles. The van der Waals surface area contributed by atoms with E-state index in [0.717, 1.165) is 23.5 Å². The summed E-state index contributed by atoms with van der Waals surface area (Å²) in [5.41, 5.74) is 3.12.